The van der Waals surface area contributed by atoms with Crippen LogP contribution >= 0.6 is 0 Å². The lowest BCUT2D eigenvalue weighted by Gasteiger charge is -2.11. The minimum atomic E-state index is -3.83. The van der Waals surface area contributed by atoms with Crippen molar-refractivity contribution in [3.05, 3.63) is 76.6 Å². The molecule has 0 unspecified atom stereocenters. The summed E-state index contributed by atoms with van der Waals surface area (Å²) in [5.41, 5.74) is 3.97. The van der Waals surface area contributed by atoms with Crippen molar-refractivity contribution < 1.29 is 27.9 Å². The predicted molar refractivity (Wildman–Crippen MR) is 134 cm³/mol. The molecule has 2 heterocycles. The third-order valence-electron chi connectivity index (χ3n) is 6.31. The van der Waals surface area contributed by atoms with Crippen LogP contribution in [0.2, 0.25) is 0 Å². The maximum atomic E-state index is 12.8. The Morgan fingerprint density at radius 3 is 2.61 bits per heavy atom. The van der Waals surface area contributed by atoms with Gasteiger partial charge in [0.25, 0.3) is 15.9 Å². The van der Waals surface area contributed by atoms with Crippen molar-refractivity contribution in [1.82, 2.24) is 4.98 Å². The summed E-state index contributed by atoms with van der Waals surface area (Å²) in [6.45, 7) is 0. The lowest BCUT2D eigenvalue weighted by atomic mass is 9.91. The van der Waals surface area contributed by atoms with Gasteiger partial charge >= 0.3 is 5.97 Å². The molecular formula is C26H23N3O6S. The van der Waals surface area contributed by atoms with Crippen molar-refractivity contribution in [1.29, 1.82) is 0 Å². The minimum absolute atomic E-state index is 0.0357. The second kappa shape index (κ2) is 9.12. The molecule has 2 aromatic carbocycles. The lowest BCUT2D eigenvalue weighted by Crippen LogP contribution is -2.12. The van der Waals surface area contributed by atoms with Gasteiger partial charge in [-0.2, -0.15) is 0 Å². The van der Waals surface area contributed by atoms with Gasteiger partial charge in [0.2, 0.25) is 0 Å². The van der Waals surface area contributed by atoms with E-state index < -0.39 is 16.0 Å². The summed E-state index contributed by atoms with van der Waals surface area (Å²) in [5.74, 6) is -1.39. The number of aryl methyl sites for hydroxylation is 1. The van der Waals surface area contributed by atoms with Crippen LogP contribution in [0.1, 0.15) is 52.1 Å². The molecule has 1 aromatic heterocycles. The molecular weight excluding hydrogens is 482 g/mol. The summed E-state index contributed by atoms with van der Waals surface area (Å²) < 4.78 is 28.1. The zero-order chi connectivity index (χ0) is 25.4. The van der Waals surface area contributed by atoms with E-state index in [9.17, 15) is 27.9 Å². The molecule has 2 aliphatic rings. The molecule has 10 heteroatoms. The van der Waals surface area contributed by atoms with E-state index in [0.29, 0.717) is 47.3 Å². The quantitative estimate of drug-likeness (QED) is 0.359. The average molecular weight is 506 g/mol. The number of H-pyrrole nitrogens is 1. The topological polar surface area (TPSA) is 145 Å². The number of carboxylic acid groups (broad SMARTS) is 1. The Balaban J connectivity index is 1.54. The second-order valence-electron chi connectivity index (χ2n) is 8.73. The van der Waals surface area contributed by atoms with E-state index >= 15 is 0 Å². The van der Waals surface area contributed by atoms with Crippen LogP contribution in [0, 0.1) is 0 Å². The van der Waals surface area contributed by atoms with Gasteiger partial charge in [-0.05, 0) is 61.2 Å². The molecule has 0 spiro atoms. The highest BCUT2D eigenvalue weighted by molar-refractivity contribution is 7.92. The predicted octanol–water partition coefficient (Wildman–Crippen LogP) is 3.84. The molecule has 0 atom stereocenters. The van der Waals surface area contributed by atoms with E-state index in [1.165, 1.54) is 12.1 Å². The molecule has 3 aromatic rings. The molecule has 1 amide bonds. The SMILES string of the molecule is O=C(O)CCc1c(/C=C2\C(=O)Nc3ccc(NS(=O)(=O)c4ccccc4)cc32)[nH]c2c1C(=O)CCC2. The van der Waals surface area contributed by atoms with Crippen molar-refractivity contribution in [2.75, 3.05) is 10.0 Å². The number of anilines is 2. The number of hydrogen-bond donors (Lipinski definition) is 4. The summed E-state index contributed by atoms with van der Waals surface area (Å²) in [6, 6.07) is 12.7. The smallest absolute Gasteiger partial charge is 0.303 e. The Morgan fingerprint density at radius 2 is 1.86 bits per heavy atom. The highest BCUT2D eigenvalue weighted by Gasteiger charge is 2.29. The first-order valence-electron chi connectivity index (χ1n) is 11.5. The first-order chi connectivity index (χ1) is 17.2. The van der Waals surface area contributed by atoms with E-state index in [1.54, 1.807) is 42.5 Å². The Hall–Kier alpha value is -4.18. The number of hydrogen-bond acceptors (Lipinski definition) is 5. The highest BCUT2D eigenvalue weighted by Crippen LogP contribution is 2.37. The van der Waals surface area contributed by atoms with Gasteiger partial charge in [0.05, 0.1) is 10.5 Å². The van der Waals surface area contributed by atoms with Crippen LogP contribution in [0.3, 0.4) is 0 Å². The molecule has 0 fully saturated rings. The van der Waals surface area contributed by atoms with Crippen LogP contribution < -0.4 is 10.0 Å². The normalized spacial score (nSPS) is 15.9. The number of benzene rings is 2. The van der Waals surface area contributed by atoms with E-state index in [2.05, 4.69) is 15.0 Å². The molecule has 4 N–H and O–H groups in total. The van der Waals surface area contributed by atoms with Gasteiger partial charge in [0.1, 0.15) is 0 Å². The van der Waals surface area contributed by atoms with Gasteiger partial charge in [0, 0.05) is 46.7 Å². The van der Waals surface area contributed by atoms with Crippen molar-refractivity contribution in [3.63, 3.8) is 0 Å². The molecule has 0 radical (unpaired) electrons. The number of carbonyl (C=O) groups excluding carboxylic acids is 2. The molecule has 184 valence electrons. The van der Waals surface area contributed by atoms with Crippen molar-refractivity contribution in [2.24, 2.45) is 0 Å². The summed E-state index contributed by atoms with van der Waals surface area (Å²) in [5, 5.41) is 12.0. The standard InChI is InChI=1S/C26H23N3O6S/c30-23-8-4-7-21-25(23)17(10-12-24(31)32)22(27-21)14-19-18-13-15(9-11-20(18)28-26(19)33)29-36(34,35)16-5-2-1-3-6-16/h1-3,5-6,9,11,13-14,27,29H,4,7-8,10,12H2,(H,28,33)(H,31,32)/b19-14-. The molecule has 0 saturated carbocycles. The first kappa shape index (κ1) is 23.6. The molecule has 9 nitrogen and oxygen atoms in total. The van der Waals surface area contributed by atoms with Gasteiger partial charge in [-0.25, -0.2) is 8.42 Å². The summed E-state index contributed by atoms with van der Waals surface area (Å²) >= 11 is 0. The fourth-order valence-corrected chi connectivity index (χ4v) is 5.73. The Bertz CT molecular complexity index is 1540. The third-order valence-corrected chi connectivity index (χ3v) is 7.71. The van der Waals surface area contributed by atoms with E-state index in [1.807, 2.05) is 0 Å². The second-order valence-corrected chi connectivity index (χ2v) is 10.4. The monoisotopic (exact) mass is 505 g/mol. The third kappa shape index (κ3) is 4.42. The summed E-state index contributed by atoms with van der Waals surface area (Å²) in [4.78, 5) is 40.0. The van der Waals surface area contributed by atoms with Gasteiger partial charge in [0.15, 0.2) is 5.78 Å². The van der Waals surface area contributed by atoms with Crippen LogP contribution in [0.4, 0.5) is 11.4 Å². The minimum Gasteiger partial charge on any atom is -0.481 e. The van der Waals surface area contributed by atoms with Crippen LogP contribution in [0.5, 0.6) is 0 Å². The molecule has 5 rings (SSSR count). The number of Topliss-reactive ketones (excluding diaryl/α,β-unsaturated/α-hetero) is 1. The van der Waals surface area contributed by atoms with Gasteiger partial charge in [-0.15, -0.1) is 0 Å². The first-order valence-corrected chi connectivity index (χ1v) is 13.0. The van der Waals surface area contributed by atoms with Gasteiger partial charge in [-0.3, -0.25) is 19.1 Å². The number of nitrogens with one attached hydrogen (secondary N) is 3. The van der Waals surface area contributed by atoms with Crippen LogP contribution in [-0.2, 0) is 32.5 Å². The summed E-state index contributed by atoms with van der Waals surface area (Å²) in [7, 11) is -3.83. The Kier molecular flexibility index (Phi) is 5.97. The maximum absolute atomic E-state index is 12.8. The lowest BCUT2D eigenvalue weighted by molar-refractivity contribution is -0.137. The van der Waals surface area contributed by atoms with Crippen LogP contribution in [0.15, 0.2) is 53.4 Å². The number of amides is 1. The average Bonchev–Trinajstić information content (AvgIpc) is 3.35. The van der Waals surface area contributed by atoms with E-state index in [-0.39, 0.29) is 40.7 Å². The van der Waals surface area contributed by atoms with Crippen molar-refractivity contribution >= 4 is 50.7 Å². The molecule has 1 aliphatic carbocycles. The Morgan fingerprint density at radius 1 is 1.08 bits per heavy atom. The molecule has 0 bridgehead atoms. The zero-order valence-corrected chi connectivity index (χ0v) is 19.9. The molecule has 36 heavy (non-hydrogen) atoms. The fourth-order valence-electron chi connectivity index (χ4n) is 4.66. The van der Waals surface area contributed by atoms with Crippen LogP contribution in [0.25, 0.3) is 11.6 Å². The van der Waals surface area contributed by atoms with Crippen LogP contribution in [-0.4, -0.2) is 36.2 Å². The highest BCUT2D eigenvalue weighted by atomic mass is 32.2. The van der Waals surface area contributed by atoms with E-state index in [0.717, 1.165) is 5.69 Å². The van der Waals surface area contributed by atoms with Gasteiger partial charge in [-0.1, -0.05) is 18.2 Å². The number of carbonyl (C=O) groups is 3. The molecule has 1 aliphatic heterocycles. The number of aliphatic carboxylic acids is 1. The van der Waals surface area contributed by atoms with Gasteiger partial charge < -0.3 is 15.4 Å². The van der Waals surface area contributed by atoms with Crippen molar-refractivity contribution in [3.8, 4) is 0 Å². The number of sulfonamides is 1. The number of aromatic amines is 1. The number of ketones is 1. The Labute approximate surface area is 207 Å². The fraction of sp³-hybridized carbons (Fsp3) is 0.192. The largest absolute Gasteiger partial charge is 0.481 e. The number of rotatable bonds is 7. The van der Waals surface area contributed by atoms with Crippen molar-refractivity contribution in [2.45, 2.75) is 37.0 Å². The number of carboxylic acids is 1. The van der Waals surface area contributed by atoms with E-state index in [4.69, 9.17) is 0 Å². The maximum Gasteiger partial charge on any atom is 0.303 e. The zero-order valence-electron chi connectivity index (χ0n) is 19.1. The number of aromatic nitrogens is 1. The molecule has 0 saturated heterocycles. The number of fused-ring (bicyclic) bond motifs is 2. The summed E-state index contributed by atoms with van der Waals surface area (Å²) in [6.07, 6.45) is 3.38.